The van der Waals surface area contributed by atoms with Crippen molar-refractivity contribution in [2.75, 3.05) is 6.61 Å². The Morgan fingerprint density at radius 3 is 2.57 bits per heavy atom. The Morgan fingerprint density at radius 2 is 1.93 bits per heavy atom. The Balaban J connectivity index is 1.66. The van der Waals surface area contributed by atoms with E-state index in [1.165, 1.54) is 0 Å². The van der Waals surface area contributed by atoms with Gasteiger partial charge < -0.3 is 9.14 Å². The van der Waals surface area contributed by atoms with Crippen LogP contribution in [0.25, 0.3) is 5.65 Å². The summed E-state index contributed by atoms with van der Waals surface area (Å²) in [7, 11) is 0. The molecule has 2 aliphatic rings. The second-order valence-corrected chi connectivity index (χ2v) is 9.54. The van der Waals surface area contributed by atoms with Gasteiger partial charge in [0, 0.05) is 29.6 Å². The van der Waals surface area contributed by atoms with Crippen LogP contribution in [0.3, 0.4) is 0 Å². The van der Waals surface area contributed by atoms with Crippen molar-refractivity contribution in [2.45, 2.75) is 89.9 Å². The third kappa shape index (κ3) is 4.23. The summed E-state index contributed by atoms with van der Waals surface area (Å²) in [4.78, 5) is 17.4. The zero-order valence-corrected chi connectivity index (χ0v) is 18.3. The van der Waals surface area contributed by atoms with Crippen LogP contribution in [0.1, 0.15) is 92.7 Å². The average Bonchev–Trinajstić information content (AvgIpc) is 3.33. The molecule has 0 aromatic carbocycles. The summed E-state index contributed by atoms with van der Waals surface area (Å²) < 4.78 is 34.8. The maximum absolute atomic E-state index is 13.6. The van der Waals surface area contributed by atoms with Gasteiger partial charge in [-0.25, -0.2) is 18.6 Å². The Bertz CT molecular complexity index is 936. The first-order valence-corrected chi connectivity index (χ1v) is 11.3. The lowest BCUT2D eigenvalue weighted by Crippen LogP contribution is -2.26. The number of carbonyl (C=O) groups excluding carboxylic acids is 1. The van der Waals surface area contributed by atoms with Gasteiger partial charge in [-0.2, -0.15) is 0 Å². The van der Waals surface area contributed by atoms with Crippen LogP contribution in [-0.2, 0) is 16.6 Å². The van der Waals surface area contributed by atoms with Crippen LogP contribution >= 0.6 is 0 Å². The number of esters is 1. The molecular weight excluding hydrogens is 386 g/mol. The Hall–Kier alpha value is -1.98. The lowest BCUT2D eigenvalue weighted by molar-refractivity contribution is -0.0457. The predicted octanol–water partition coefficient (Wildman–Crippen LogP) is 6.02. The Morgan fingerprint density at radius 1 is 1.23 bits per heavy atom. The molecule has 2 heterocycles. The summed E-state index contributed by atoms with van der Waals surface area (Å²) in [6.45, 7) is 6.69. The molecule has 2 fully saturated rings. The molecule has 2 aromatic heterocycles. The van der Waals surface area contributed by atoms with Gasteiger partial charge in [0.15, 0.2) is 0 Å². The molecule has 0 N–H and O–H groups in total. The van der Waals surface area contributed by atoms with Crippen molar-refractivity contribution in [3.8, 4) is 0 Å². The molecule has 30 heavy (non-hydrogen) atoms. The number of unbranched alkanes of at least 4 members (excludes halogenated alkanes) is 1. The summed E-state index contributed by atoms with van der Waals surface area (Å²) in [5, 5.41) is 0. The van der Waals surface area contributed by atoms with E-state index >= 15 is 0 Å². The molecule has 4 rings (SSSR count). The van der Waals surface area contributed by atoms with Gasteiger partial charge in [0.25, 0.3) is 0 Å². The van der Waals surface area contributed by atoms with E-state index in [-0.39, 0.29) is 30.1 Å². The molecule has 0 amide bonds. The maximum atomic E-state index is 13.6. The number of rotatable bonds is 7. The standard InChI is InChI=1S/C24H32F2N2O2/c1-4-5-12-30-22(29)18-13-16(2)28-19(14-17-6-8-24(25,26)9-7-17)21(23(3)10-11-23)27-20(28)15-18/h13,15,17H,4-12,14H2,1-3H3. The van der Waals surface area contributed by atoms with Crippen LogP contribution in [0.4, 0.5) is 8.78 Å². The fraction of sp³-hybridized carbons (Fsp3) is 0.667. The quantitative estimate of drug-likeness (QED) is 0.408. The van der Waals surface area contributed by atoms with Crippen molar-refractivity contribution in [1.82, 2.24) is 9.38 Å². The van der Waals surface area contributed by atoms with Gasteiger partial charge in [0.1, 0.15) is 5.65 Å². The largest absolute Gasteiger partial charge is 0.462 e. The van der Waals surface area contributed by atoms with Crippen molar-refractivity contribution < 1.29 is 18.3 Å². The smallest absolute Gasteiger partial charge is 0.338 e. The minimum Gasteiger partial charge on any atom is -0.462 e. The average molecular weight is 419 g/mol. The van der Waals surface area contributed by atoms with Gasteiger partial charge in [0.2, 0.25) is 5.92 Å². The van der Waals surface area contributed by atoms with Crippen LogP contribution in [-0.4, -0.2) is 27.9 Å². The van der Waals surface area contributed by atoms with Crippen LogP contribution in [0, 0.1) is 12.8 Å². The molecule has 164 valence electrons. The first-order valence-electron chi connectivity index (χ1n) is 11.3. The number of imidazole rings is 1. The molecule has 0 spiro atoms. The second kappa shape index (κ2) is 7.93. The van der Waals surface area contributed by atoms with Gasteiger partial charge in [0.05, 0.1) is 17.9 Å². The number of pyridine rings is 1. The van der Waals surface area contributed by atoms with E-state index in [4.69, 9.17) is 9.72 Å². The van der Waals surface area contributed by atoms with Crippen molar-refractivity contribution >= 4 is 11.6 Å². The summed E-state index contributed by atoms with van der Waals surface area (Å²) >= 11 is 0. The van der Waals surface area contributed by atoms with E-state index in [0.29, 0.717) is 25.0 Å². The summed E-state index contributed by atoms with van der Waals surface area (Å²) in [6, 6.07) is 3.68. The fourth-order valence-corrected chi connectivity index (χ4v) is 4.62. The van der Waals surface area contributed by atoms with Crippen molar-refractivity contribution in [2.24, 2.45) is 5.92 Å². The first kappa shape index (κ1) is 21.3. The number of ether oxygens (including phenoxy) is 1. The topological polar surface area (TPSA) is 43.6 Å². The molecule has 0 bridgehead atoms. The Labute approximate surface area is 177 Å². The summed E-state index contributed by atoms with van der Waals surface area (Å²) in [6.07, 6.45) is 5.85. The minimum atomic E-state index is -2.51. The van der Waals surface area contributed by atoms with E-state index < -0.39 is 5.92 Å². The van der Waals surface area contributed by atoms with Gasteiger partial charge >= 0.3 is 5.97 Å². The lowest BCUT2D eigenvalue weighted by atomic mass is 9.83. The molecule has 0 aliphatic heterocycles. The van der Waals surface area contributed by atoms with Crippen LogP contribution < -0.4 is 0 Å². The van der Waals surface area contributed by atoms with Crippen molar-refractivity contribution in [3.05, 3.63) is 34.8 Å². The van der Waals surface area contributed by atoms with E-state index in [1.807, 2.05) is 19.1 Å². The molecule has 0 atom stereocenters. The van der Waals surface area contributed by atoms with E-state index in [2.05, 4.69) is 18.2 Å². The highest BCUT2D eigenvalue weighted by atomic mass is 19.3. The summed E-state index contributed by atoms with van der Waals surface area (Å²) in [5.74, 6) is -2.57. The fourth-order valence-electron chi connectivity index (χ4n) is 4.62. The number of fused-ring (bicyclic) bond motifs is 1. The van der Waals surface area contributed by atoms with Gasteiger partial charge in [-0.3, -0.25) is 0 Å². The maximum Gasteiger partial charge on any atom is 0.338 e. The van der Waals surface area contributed by atoms with Crippen LogP contribution in [0.5, 0.6) is 0 Å². The molecule has 2 aromatic rings. The molecule has 0 saturated heterocycles. The Kier molecular flexibility index (Phi) is 5.62. The van der Waals surface area contributed by atoms with E-state index in [9.17, 15) is 13.6 Å². The molecule has 2 saturated carbocycles. The predicted molar refractivity (Wildman–Crippen MR) is 112 cm³/mol. The second-order valence-electron chi connectivity index (χ2n) is 9.54. The lowest BCUT2D eigenvalue weighted by Gasteiger charge is -2.28. The molecular formula is C24H32F2N2O2. The number of aromatic nitrogens is 2. The number of carbonyl (C=O) groups is 1. The minimum absolute atomic E-state index is 0.0201. The van der Waals surface area contributed by atoms with Crippen LogP contribution in [0.2, 0.25) is 0 Å². The highest BCUT2D eigenvalue weighted by molar-refractivity contribution is 5.90. The summed E-state index contributed by atoms with van der Waals surface area (Å²) in [5.41, 5.74) is 4.51. The zero-order chi connectivity index (χ0) is 21.5. The van der Waals surface area contributed by atoms with E-state index in [1.54, 1.807) is 0 Å². The van der Waals surface area contributed by atoms with Gasteiger partial charge in [-0.1, -0.05) is 20.3 Å². The van der Waals surface area contributed by atoms with Gasteiger partial charge in [-0.05, 0) is 63.5 Å². The van der Waals surface area contributed by atoms with Gasteiger partial charge in [-0.15, -0.1) is 0 Å². The third-order valence-corrected chi connectivity index (χ3v) is 6.86. The SMILES string of the molecule is CCCCOC(=O)c1cc(C)n2c(CC3CCC(F)(F)CC3)c(C3(C)CC3)nc2c1. The number of nitrogens with zero attached hydrogens (tertiary/aromatic N) is 2. The number of aryl methyl sites for hydroxylation is 1. The van der Waals surface area contributed by atoms with Crippen molar-refractivity contribution in [1.29, 1.82) is 0 Å². The van der Waals surface area contributed by atoms with Crippen molar-refractivity contribution in [3.63, 3.8) is 0 Å². The molecule has 2 aliphatic carbocycles. The first-order chi connectivity index (χ1) is 14.2. The molecule has 4 nitrogen and oxygen atoms in total. The van der Waals surface area contributed by atoms with Crippen LogP contribution in [0.15, 0.2) is 12.1 Å². The third-order valence-electron chi connectivity index (χ3n) is 6.86. The molecule has 6 heteroatoms. The highest BCUT2D eigenvalue weighted by Crippen LogP contribution is 2.49. The van der Waals surface area contributed by atoms with E-state index in [0.717, 1.165) is 54.8 Å². The zero-order valence-electron chi connectivity index (χ0n) is 18.3. The normalized spacial score (nSPS) is 20.4. The highest BCUT2D eigenvalue weighted by Gasteiger charge is 2.44. The number of hydrogen-bond acceptors (Lipinski definition) is 3. The molecule has 0 radical (unpaired) electrons. The number of alkyl halides is 2. The molecule has 0 unspecified atom stereocenters. The monoisotopic (exact) mass is 418 g/mol. The number of halogens is 2. The number of hydrogen-bond donors (Lipinski definition) is 0.